The van der Waals surface area contributed by atoms with Crippen LogP contribution in [0.5, 0.6) is 0 Å². The fourth-order valence-electron chi connectivity index (χ4n) is 2.84. The maximum Gasteiger partial charge on any atom is 0.235 e. The first-order chi connectivity index (χ1) is 11.6. The number of benzene rings is 1. The summed E-state index contributed by atoms with van der Waals surface area (Å²) in [4.78, 5) is 0.673. The van der Waals surface area contributed by atoms with Crippen LogP contribution >= 0.6 is 11.3 Å². The Morgan fingerprint density at radius 2 is 2.00 bits per heavy atom. The lowest BCUT2D eigenvalue weighted by Crippen LogP contribution is -1.98. The van der Waals surface area contributed by atoms with Crippen LogP contribution in [0.15, 0.2) is 24.3 Å². The molecule has 122 valence electrons. The van der Waals surface area contributed by atoms with Gasteiger partial charge in [0.1, 0.15) is 5.82 Å². The maximum atomic E-state index is 13.5. The van der Waals surface area contributed by atoms with Crippen molar-refractivity contribution in [2.45, 2.75) is 27.3 Å². The largest absolute Gasteiger partial charge is 0.269 e. The molecular formula is C16H15FN6S. The highest BCUT2D eigenvalue weighted by atomic mass is 32.1. The third-order valence-electron chi connectivity index (χ3n) is 3.97. The lowest BCUT2D eigenvalue weighted by Gasteiger charge is -1.99. The van der Waals surface area contributed by atoms with Crippen LogP contribution in [-0.2, 0) is 6.54 Å². The maximum absolute atomic E-state index is 13.5. The number of rotatable bonds is 3. The van der Waals surface area contributed by atoms with Gasteiger partial charge in [0.25, 0.3) is 0 Å². The van der Waals surface area contributed by atoms with E-state index in [1.54, 1.807) is 16.6 Å². The zero-order chi connectivity index (χ0) is 16.8. The van der Waals surface area contributed by atoms with Crippen molar-refractivity contribution < 1.29 is 4.39 Å². The number of aromatic nitrogens is 6. The number of hydrogen-bond donors (Lipinski definition) is 0. The molecule has 0 atom stereocenters. The highest BCUT2D eigenvalue weighted by Crippen LogP contribution is 2.32. The van der Waals surface area contributed by atoms with Crippen molar-refractivity contribution in [1.82, 2.24) is 29.6 Å². The van der Waals surface area contributed by atoms with Gasteiger partial charge in [0.15, 0.2) is 10.8 Å². The molecule has 3 aromatic heterocycles. The minimum Gasteiger partial charge on any atom is -0.269 e. The molecule has 4 aromatic rings. The van der Waals surface area contributed by atoms with Crippen molar-refractivity contribution in [3.05, 3.63) is 41.5 Å². The average molecular weight is 342 g/mol. The molecule has 0 bridgehead atoms. The normalized spacial score (nSPS) is 11.5. The van der Waals surface area contributed by atoms with Crippen LogP contribution in [0.25, 0.3) is 26.9 Å². The summed E-state index contributed by atoms with van der Waals surface area (Å²) in [6, 6.07) is 6.28. The Kier molecular flexibility index (Phi) is 3.42. The highest BCUT2D eigenvalue weighted by Gasteiger charge is 2.20. The molecule has 6 nitrogen and oxygen atoms in total. The topological polar surface area (TPSA) is 60.9 Å². The predicted octanol–water partition coefficient (Wildman–Crippen LogP) is 3.49. The van der Waals surface area contributed by atoms with Gasteiger partial charge < -0.3 is 0 Å². The summed E-state index contributed by atoms with van der Waals surface area (Å²) in [5.41, 5.74) is 3.69. The molecule has 0 aliphatic carbocycles. The molecule has 0 saturated heterocycles. The molecule has 1 aromatic carbocycles. The zero-order valence-electron chi connectivity index (χ0n) is 13.5. The van der Waals surface area contributed by atoms with Crippen molar-refractivity contribution in [2.75, 3.05) is 0 Å². The molecule has 24 heavy (non-hydrogen) atoms. The van der Waals surface area contributed by atoms with Gasteiger partial charge in [-0.1, -0.05) is 23.5 Å². The van der Waals surface area contributed by atoms with Crippen LogP contribution in [0, 0.1) is 19.7 Å². The van der Waals surface area contributed by atoms with Gasteiger partial charge in [-0.2, -0.15) is 14.7 Å². The molecule has 0 unspecified atom stereocenters. The molecule has 0 aliphatic rings. The minimum atomic E-state index is -0.310. The fourth-order valence-corrected chi connectivity index (χ4v) is 3.83. The van der Waals surface area contributed by atoms with E-state index in [1.165, 1.54) is 23.5 Å². The molecule has 3 heterocycles. The summed E-state index contributed by atoms with van der Waals surface area (Å²) in [5, 5.41) is 18.4. The molecule has 0 fully saturated rings. The molecule has 0 N–H and O–H groups in total. The van der Waals surface area contributed by atoms with Crippen LogP contribution in [0.1, 0.15) is 18.3 Å². The Hall–Kier alpha value is -2.61. The van der Waals surface area contributed by atoms with E-state index in [0.29, 0.717) is 16.3 Å². The van der Waals surface area contributed by atoms with E-state index in [-0.39, 0.29) is 5.82 Å². The standard InChI is InChI=1S/C16H15FN6S/c1-4-22-10(3)13(9(2)20-22)15-21-23-14(18-19-16(23)24-15)11-6-5-7-12(17)8-11/h5-8H,4H2,1-3H3. The first kappa shape index (κ1) is 14.9. The van der Waals surface area contributed by atoms with E-state index in [9.17, 15) is 4.39 Å². The molecule has 8 heteroatoms. The first-order valence-electron chi connectivity index (χ1n) is 7.61. The molecule has 0 saturated carbocycles. The summed E-state index contributed by atoms with van der Waals surface area (Å²) in [6.45, 7) is 6.88. The fraction of sp³-hybridized carbons (Fsp3) is 0.250. The lowest BCUT2D eigenvalue weighted by molar-refractivity contribution is 0.628. The van der Waals surface area contributed by atoms with E-state index < -0.39 is 0 Å². The highest BCUT2D eigenvalue weighted by molar-refractivity contribution is 7.19. The van der Waals surface area contributed by atoms with E-state index in [4.69, 9.17) is 0 Å². The van der Waals surface area contributed by atoms with Gasteiger partial charge in [-0.3, -0.25) is 4.68 Å². The number of halogens is 1. The Morgan fingerprint density at radius 1 is 1.17 bits per heavy atom. The average Bonchev–Trinajstić information content (AvgIpc) is 3.19. The number of nitrogens with zero attached hydrogens (tertiary/aromatic N) is 6. The summed E-state index contributed by atoms with van der Waals surface area (Å²) >= 11 is 1.45. The van der Waals surface area contributed by atoms with Crippen LogP contribution < -0.4 is 0 Å². The van der Waals surface area contributed by atoms with E-state index in [1.807, 2.05) is 18.5 Å². The van der Waals surface area contributed by atoms with Crippen LogP contribution in [0.4, 0.5) is 4.39 Å². The molecule has 0 radical (unpaired) electrons. The monoisotopic (exact) mass is 342 g/mol. The first-order valence-corrected chi connectivity index (χ1v) is 8.42. The Morgan fingerprint density at radius 3 is 2.71 bits per heavy atom. The van der Waals surface area contributed by atoms with Gasteiger partial charge in [0.2, 0.25) is 4.96 Å². The Balaban J connectivity index is 1.88. The lowest BCUT2D eigenvalue weighted by atomic mass is 10.2. The molecule has 0 spiro atoms. The zero-order valence-corrected chi connectivity index (χ0v) is 14.3. The quantitative estimate of drug-likeness (QED) is 0.572. The van der Waals surface area contributed by atoms with Crippen LogP contribution in [-0.4, -0.2) is 29.6 Å². The molecular weight excluding hydrogens is 327 g/mol. The summed E-state index contributed by atoms with van der Waals surface area (Å²) < 4.78 is 17.1. The van der Waals surface area contributed by atoms with Gasteiger partial charge in [0.05, 0.1) is 11.3 Å². The second-order valence-electron chi connectivity index (χ2n) is 5.50. The van der Waals surface area contributed by atoms with Crippen molar-refractivity contribution in [3.63, 3.8) is 0 Å². The van der Waals surface area contributed by atoms with Crippen LogP contribution in [0.2, 0.25) is 0 Å². The van der Waals surface area contributed by atoms with Crippen molar-refractivity contribution in [3.8, 4) is 22.0 Å². The molecule has 4 rings (SSSR count). The minimum absolute atomic E-state index is 0.310. The van der Waals surface area contributed by atoms with E-state index in [2.05, 4.69) is 27.3 Å². The molecule has 0 amide bonds. The van der Waals surface area contributed by atoms with Crippen molar-refractivity contribution >= 4 is 16.3 Å². The Bertz CT molecular complexity index is 1040. The predicted molar refractivity (Wildman–Crippen MR) is 90.4 cm³/mol. The van der Waals surface area contributed by atoms with Gasteiger partial charge in [-0.15, -0.1) is 10.2 Å². The van der Waals surface area contributed by atoms with E-state index in [0.717, 1.165) is 28.5 Å². The van der Waals surface area contributed by atoms with Crippen molar-refractivity contribution in [2.24, 2.45) is 0 Å². The van der Waals surface area contributed by atoms with Gasteiger partial charge >= 0.3 is 0 Å². The van der Waals surface area contributed by atoms with E-state index >= 15 is 0 Å². The van der Waals surface area contributed by atoms with Crippen LogP contribution in [0.3, 0.4) is 0 Å². The molecule has 0 aliphatic heterocycles. The summed E-state index contributed by atoms with van der Waals surface area (Å²) in [5.74, 6) is 0.223. The van der Waals surface area contributed by atoms with Gasteiger partial charge in [-0.05, 0) is 32.9 Å². The number of hydrogen-bond acceptors (Lipinski definition) is 5. The summed E-state index contributed by atoms with van der Waals surface area (Å²) in [6.07, 6.45) is 0. The second kappa shape index (κ2) is 5.48. The SMILES string of the molecule is CCn1nc(C)c(-c2nn3c(-c4cccc(F)c4)nnc3s2)c1C. The van der Waals surface area contributed by atoms with Crippen molar-refractivity contribution in [1.29, 1.82) is 0 Å². The van der Waals surface area contributed by atoms with Gasteiger partial charge in [0, 0.05) is 17.8 Å². The Labute approximate surface area is 141 Å². The summed E-state index contributed by atoms with van der Waals surface area (Å²) in [7, 11) is 0. The number of aryl methyl sites for hydroxylation is 2. The number of fused-ring (bicyclic) bond motifs is 1. The third-order valence-corrected chi connectivity index (χ3v) is 4.88. The second-order valence-corrected chi connectivity index (χ2v) is 6.45. The van der Waals surface area contributed by atoms with Gasteiger partial charge in [-0.25, -0.2) is 4.39 Å². The smallest absolute Gasteiger partial charge is 0.235 e. The third kappa shape index (κ3) is 2.22.